The zero-order valence-corrected chi connectivity index (χ0v) is 15.9. The van der Waals surface area contributed by atoms with Crippen LogP contribution in [0.5, 0.6) is 0 Å². The van der Waals surface area contributed by atoms with Crippen molar-refractivity contribution in [3.63, 3.8) is 0 Å². The normalized spacial score (nSPS) is 10.2. The number of hydrogen-bond acceptors (Lipinski definition) is 4. The average Bonchev–Trinajstić information content (AvgIpc) is 2.69. The van der Waals surface area contributed by atoms with Gasteiger partial charge in [0.1, 0.15) is 0 Å². The summed E-state index contributed by atoms with van der Waals surface area (Å²) in [5, 5.41) is 5.74. The highest BCUT2D eigenvalue weighted by atomic mass is 35.5. The highest BCUT2D eigenvalue weighted by molar-refractivity contribution is 6.34. The molecule has 0 heterocycles. The molecule has 0 aliphatic heterocycles. The van der Waals surface area contributed by atoms with Gasteiger partial charge in [0.05, 0.1) is 23.4 Å². The molecule has 2 aromatic carbocycles. The van der Waals surface area contributed by atoms with Gasteiger partial charge in [-0.2, -0.15) is 0 Å². The lowest BCUT2D eigenvalue weighted by Crippen LogP contribution is -2.24. The van der Waals surface area contributed by atoms with Crippen LogP contribution in [0.1, 0.15) is 50.8 Å². The number of ether oxygens (including phenoxy) is 1. The van der Waals surface area contributed by atoms with Crippen molar-refractivity contribution in [2.45, 2.75) is 19.8 Å². The first kappa shape index (κ1) is 20.5. The number of methoxy groups -OCH3 is 1. The second-order valence-electron chi connectivity index (χ2n) is 5.83. The highest BCUT2D eigenvalue weighted by Gasteiger charge is 2.14. The molecule has 2 amide bonds. The molecule has 0 radical (unpaired) electrons. The zero-order valence-electron chi connectivity index (χ0n) is 15.2. The molecular formula is C20H21ClN2O4. The Morgan fingerprint density at radius 3 is 2.37 bits per heavy atom. The predicted octanol–water partition coefficient (Wildman–Crippen LogP) is 3.91. The Labute approximate surface area is 162 Å². The van der Waals surface area contributed by atoms with E-state index >= 15 is 0 Å². The van der Waals surface area contributed by atoms with Crippen LogP contribution in [0.3, 0.4) is 0 Å². The predicted molar refractivity (Wildman–Crippen MR) is 104 cm³/mol. The first-order valence-corrected chi connectivity index (χ1v) is 8.91. The van der Waals surface area contributed by atoms with E-state index in [-0.39, 0.29) is 22.2 Å². The number of amides is 2. The molecule has 7 heteroatoms. The number of unbranched alkanes of at least 4 members (excludes halogenated alkanes) is 1. The average molecular weight is 389 g/mol. The highest BCUT2D eigenvalue weighted by Crippen LogP contribution is 2.24. The van der Waals surface area contributed by atoms with E-state index in [1.807, 2.05) is 6.92 Å². The molecule has 0 atom stereocenters. The molecule has 2 N–H and O–H groups in total. The topological polar surface area (TPSA) is 84.5 Å². The molecule has 0 fully saturated rings. The van der Waals surface area contributed by atoms with E-state index in [4.69, 9.17) is 11.6 Å². The van der Waals surface area contributed by atoms with Crippen molar-refractivity contribution < 1.29 is 19.1 Å². The van der Waals surface area contributed by atoms with Gasteiger partial charge < -0.3 is 15.4 Å². The van der Waals surface area contributed by atoms with Gasteiger partial charge in [-0.3, -0.25) is 9.59 Å². The number of nitrogens with one attached hydrogen (secondary N) is 2. The molecule has 0 aromatic heterocycles. The van der Waals surface area contributed by atoms with E-state index in [1.54, 1.807) is 18.2 Å². The molecule has 0 saturated carbocycles. The fourth-order valence-corrected chi connectivity index (χ4v) is 2.51. The third-order valence-corrected chi connectivity index (χ3v) is 4.17. The van der Waals surface area contributed by atoms with Gasteiger partial charge in [0.25, 0.3) is 11.8 Å². The number of esters is 1. The summed E-state index contributed by atoms with van der Waals surface area (Å²) in [4.78, 5) is 36.3. The Kier molecular flexibility index (Phi) is 7.37. The van der Waals surface area contributed by atoms with Crippen LogP contribution in [0.15, 0.2) is 42.5 Å². The van der Waals surface area contributed by atoms with Gasteiger partial charge in [0.2, 0.25) is 0 Å². The van der Waals surface area contributed by atoms with Crippen LogP contribution in [-0.2, 0) is 4.74 Å². The van der Waals surface area contributed by atoms with Crippen LogP contribution in [0.2, 0.25) is 5.02 Å². The Bertz CT molecular complexity index is 852. The summed E-state index contributed by atoms with van der Waals surface area (Å²) >= 11 is 6.10. The van der Waals surface area contributed by atoms with Crippen molar-refractivity contribution in [2.24, 2.45) is 0 Å². The van der Waals surface area contributed by atoms with Gasteiger partial charge in [0, 0.05) is 17.7 Å². The number of halogens is 1. The molecule has 2 rings (SSSR count). The molecule has 0 unspecified atom stereocenters. The van der Waals surface area contributed by atoms with Gasteiger partial charge in [-0.25, -0.2) is 4.79 Å². The van der Waals surface area contributed by atoms with Gasteiger partial charge in [-0.05, 0) is 42.8 Å². The Morgan fingerprint density at radius 1 is 1.00 bits per heavy atom. The van der Waals surface area contributed by atoms with Crippen molar-refractivity contribution in [1.29, 1.82) is 0 Å². The fourth-order valence-electron chi connectivity index (χ4n) is 2.34. The minimum atomic E-state index is -0.534. The monoisotopic (exact) mass is 388 g/mol. The van der Waals surface area contributed by atoms with Crippen LogP contribution in [0.25, 0.3) is 0 Å². The second kappa shape index (κ2) is 9.73. The lowest BCUT2D eigenvalue weighted by atomic mass is 10.1. The van der Waals surface area contributed by atoms with E-state index in [9.17, 15) is 14.4 Å². The Hall–Kier alpha value is -2.86. The molecule has 0 aliphatic rings. The van der Waals surface area contributed by atoms with E-state index < -0.39 is 11.9 Å². The van der Waals surface area contributed by atoms with Crippen LogP contribution < -0.4 is 10.6 Å². The molecule has 0 aliphatic carbocycles. The van der Waals surface area contributed by atoms with Gasteiger partial charge in [-0.1, -0.05) is 31.0 Å². The fraction of sp³-hybridized carbons (Fsp3) is 0.250. The molecule has 6 nitrogen and oxygen atoms in total. The summed E-state index contributed by atoms with van der Waals surface area (Å²) in [5.74, 6) is -1.21. The van der Waals surface area contributed by atoms with Crippen molar-refractivity contribution in [3.8, 4) is 0 Å². The lowest BCUT2D eigenvalue weighted by molar-refractivity contribution is 0.0600. The maximum absolute atomic E-state index is 12.5. The zero-order chi connectivity index (χ0) is 19.8. The molecule has 0 saturated heterocycles. The minimum Gasteiger partial charge on any atom is -0.465 e. The maximum Gasteiger partial charge on any atom is 0.337 e. The third kappa shape index (κ3) is 5.56. The summed E-state index contributed by atoms with van der Waals surface area (Å²) < 4.78 is 4.66. The van der Waals surface area contributed by atoms with Crippen LogP contribution in [0.4, 0.5) is 5.69 Å². The quantitative estimate of drug-likeness (QED) is 0.556. The summed E-state index contributed by atoms with van der Waals surface area (Å²) in [6.07, 6.45) is 1.87. The summed E-state index contributed by atoms with van der Waals surface area (Å²) in [6.45, 7) is 2.62. The Balaban J connectivity index is 2.16. The number of hydrogen-bond donors (Lipinski definition) is 2. The SMILES string of the molecule is CCCCNC(=O)c1cccc(C(=O)Nc2cc(C(=O)OC)ccc2Cl)c1. The van der Waals surface area contributed by atoms with Crippen molar-refractivity contribution in [3.05, 3.63) is 64.2 Å². The van der Waals surface area contributed by atoms with Gasteiger partial charge in [-0.15, -0.1) is 0 Å². The number of anilines is 1. The molecule has 0 spiro atoms. The van der Waals surface area contributed by atoms with E-state index in [0.717, 1.165) is 12.8 Å². The standard InChI is InChI=1S/C20H21ClN2O4/c1-3-4-10-22-18(24)13-6-5-7-14(11-13)19(25)23-17-12-15(20(26)27-2)8-9-16(17)21/h5-9,11-12H,3-4,10H2,1-2H3,(H,22,24)(H,23,25). The van der Waals surface area contributed by atoms with E-state index in [0.29, 0.717) is 17.7 Å². The molecule has 2 aromatic rings. The van der Waals surface area contributed by atoms with Gasteiger partial charge >= 0.3 is 5.97 Å². The first-order chi connectivity index (χ1) is 13.0. The number of carbonyl (C=O) groups excluding carboxylic acids is 3. The van der Waals surface area contributed by atoms with E-state index in [2.05, 4.69) is 15.4 Å². The summed E-state index contributed by atoms with van der Waals surface area (Å²) in [5.41, 5.74) is 1.24. The van der Waals surface area contributed by atoms with Crippen molar-refractivity contribution in [2.75, 3.05) is 19.0 Å². The Morgan fingerprint density at radius 2 is 1.70 bits per heavy atom. The summed E-state index contributed by atoms with van der Waals surface area (Å²) in [6, 6.07) is 10.8. The second-order valence-corrected chi connectivity index (χ2v) is 6.24. The number of carbonyl (C=O) groups is 3. The van der Waals surface area contributed by atoms with Crippen LogP contribution >= 0.6 is 11.6 Å². The lowest BCUT2D eigenvalue weighted by Gasteiger charge is -2.10. The smallest absolute Gasteiger partial charge is 0.337 e. The molecule has 142 valence electrons. The number of rotatable bonds is 7. The largest absolute Gasteiger partial charge is 0.465 e. The van der Waals surface area contributed by atoms with Crippen LogP contribution in [-0.4, -0.2) is 31.4 Å². The minimum absolute atomic E-state index is 0.233. The maximum atomic E-state index is 12.5. The molecule has 27 heavy (non-hydrogen) atoms. The van der Waals surface area contributed by atoms with Crippen molar-refractivity contribution >= 4 is 35.1 Å². The van der Waals surface area contributed by atoms with Gasteiger partial charge in [0.15, 0.2) is 0 Å². The molecule has 0 bridgehead atoms. The van der Waals surface area contributed by atoms with Crippen LogP contribution in [0, 0.1) is 0 Å². The number of benzene rings is 2. The van der Waals surface area contributed by atoms with E-state index in [1.165, 1.54) is 31.4 Å². The first-order valence-electron chi connectivity index (χ1n) is 8.53. The summed E-state index contributed by atoms with van der Waals surface area (Å²) in [7, 11) is 1.27. The van der Waals surface area contributed by atoms with Crippen molar-refractivity contribution in [1.82, 2.24) is 5.32 Å². The third-order valence-electron chi connectivity index (χ3n) is 3.84. The molecular weight excluding hydrogens is 368 g/mol.